The second-order valence-corrected chi connectivity index (χ2v) is 2.19. The molecule has 0 spiro atoms. The molecule has 4 nitrogen and oxygen atoms in total. The van der Waals surface area contributed by atoms with E-state index in [-0.39, 0.29) is 18.3 Å². The predicted octanol–water partition coefficient (Wildman–Crippen LogP) is 1.19. The van der Waals surface area contributed by atoms with Crippen LogP contribution in [0.1, 0.15) is 17.4 Å². The lowest BCUT2D eigenvalue weighted by Gasteiger charge is -2.11. The van der Waals surface area contributed by atoms with Gasteiger partial charge < -0.3 is 9.32 Å². The number of hydrogen-bond donors (Lipinski definition) is 0. The Kier molecular flexibility index (Phi) is 4.36. The van der Waals surface area contributed by atoms with Gasteiger partial charge in [-0.05, 0) is 6.92 Å². The molecule has 0 aliphatic carbocycles. The SMILES string of the molecule is CCN(C)C(=O)c1cocn1.Cl. The molecule has 0 aliphatic heterocycles. The summed E-state index contributed by atoms with van der Waals surface area (Å²) in [6, 6.07) is 0. The second kappa shape index (κ2) is 4.77. The highest BCUT2D eigenvalue weighted by molar-refractivity contribution is 5.91. The summed E-state index contributed by atoms with van der Waals surface area (Å²) in [5.74, 6) is -0.110. The summed E-state index contributed by atoms with van der Waals surface area (Å²) in [5.41, 5.74) is 0.356. The Labute approximate surface area is 77.0 Å². The Morgan fingerprint density at radius 1 is 1.75 bits per heavy atom. The normalized spacial score (nSPS) is 8.83. The first-order valence-electron chi connectivity index (χ1n) is 3.39. The standard InChI is InChI=1S/C7H10N2O2.ClH/c1-3-9(2)7(10)6-4-11-5-8-6;/h4-5H,3H2,1-2H3;1H. The van der Waals surface area contributed by atoms with Gasteiger partial charge in [-0.15, -0.1) is 12.4 Å². The molecule has 0 atom stereocenters. The number of carbonyl (C=O) groups excluding carboxylic acids is 1. The lowest BCUT2D eigenvalue weighted by molar-refractivity contribution is 0.0796. The molecule has 1 heterocycles. The molecule has 0 saturated heterocycles. The van der Waals surface area contributed by atoms with Crippen molar-refractivity contribution in [3.8, 4) is 0 Å². The van der Waals surface area contributed by atoms with Crippen molar-refractivity contribution in [2.45, 2.75) is 6.92 Å². The number of nitrogens with zero attached hydrogens (tertiary/aromatic N) is 2. The number of amides is 1. The van der Waals surface area contributed by atoms with E-state index in [1.54, 1.807) is 11.9 Å². The summed E-state index contributed by atoms with van der Waals surface area (Å²) in [6.07, 6.45) is 2.59. The molecule has 0 saturated carbocycles. The highest BCUT2D eigenvalue weighted by Gasteiger charge is 2.11. The van der Waals surface area contributed by atoms with Crippen LogP contribution in [0.15, 0.2) is 17.1 Å². The summed E-state index contributed by atoms with van der Waals surface area (Å²) in [7, 11) is 1.72. The molecule has 12 heavy (non-hydrogen) atoms. The van der Waals surface area contributed by atoms with Crippen molar-refractivity contribution in [1.29, 1.82) is 0 Å². The van der Waals surface area contributed by atoms with Crippen LogP contribution in [-0.4, -0.2) is 29.4 Å². The van der Waals surface area contributed by atoms with Crippen LogP contribution in [0.4, 0.5) is 0 Å². The van der Waals surface area contributed by atoms with Crippen LogP contribution in [-0.2, 0) is 0 Å². The maximum atomic E-state index is 11.2. The first-order valence-corrected chi connectivity index (χ1v) is 3.39. The van der Waals surface area contributed by atoms with E-state index in [9.17, 15) is 4.79 Å². The zero-order valence-corrected chi connectivity index (χ0v) is 7.80. The first-order chi connectivity index (χ1) is 5.25. The highest BCUT2D eigenvalue weighted by atomic mass is 35.5. The minimum Gasteiger partial charge on any atom is -0.451 e. The lowest BCUT2D eigenvalue weighted by atomic mass is 10.4. The summed E-state index contributed by atoms with van der Waals surface area (Å²) in [6.45, 7) is 2.57. The van der Waals surface area contributed by atoms with E-state index in [1.807, 2.05) is 6.92 Å². The van der Waals surface area contributed by atoms with E-state index in [2.05, 4.69) is 9.40 Å². The third-order valence-electron chi connectivity index (χ3n) is 1.47. The van der Waals surface area contributed by atoms with Gasteiger partial charge in [-0.25, -0.2) is 4.98 Å². The van der Waals surface area contributed by atoms with Crippen LogP contribution in [0.25, 0.3) is 0 Å². The topological polar surface area (TPSA) is 46.3 Å². The Morgan fingerprint density at radius 2 is 2.42 bits per heavy atom. The van der Waals surface area contributed by atoms with E-state index in [0.29, 0.717) is 12.2 Å². The Morgan fingerprint density at radius 3 is 2.83 bits per heavy atom. The van der Waals surface area contributed by atoms with E-state index < -0.39 is 0 Å². The highest BCUT2D eigenvalue weighted by Crippen LogP contribution is 1.98. The molecule has 5 heteroatoms. The number of carbonyl (C=O) groups is 1. The first kappa shape index (κ1) is 11.0. The Hall–Kier alpha value is -1.03. The van der Waals surface area contributed by atoms with Crippen molar-refractivity contribution in [2.75, 3.05) is 13.6 Å². The van der Waals surface area contributed by atoms with Crippen LogP contribution < -0.4 is 0 Å². The molecule has 0 unspecified atom stereocenters. The third-order valence-corrected chi connectivity index (χ3v) is 1.47. The molecule has 1 aromatic rings. The largest absolute Gasteiger partial charge is 0.451 e. The minimum atomic E-state index is -0.110. The number of rotatable bonds is 2. The maximum Gasteiger partial charge on any atom is 0.275 e. The molecule has 0 N–H and O–H groups in total. The summed E-state index contributed by atoms with van der Waals surface area (Å²) >= 11 is 0. The number of hydrogen-bond acceptors (Lipinski definition) is 3. The van der Waals surface area contributed by atoms with Crippen molar-refractivity contribution in [2.24, 2.45) is 0 Å². The molecule has 0 bridgehead atoms. The van der Waals surface area contributed by atoms with Crippen LogP contribution in [0.3, 0.4) is 0 Å². The fourth-order valence-electron chi connectivity index (χ4n) is 0.657. The van der Waals surface area contributed by atoms with Crippen molar-refractivity contribution in [1.82, 2.24) is 9.88 Å². The number of halogens is 1. The molecule has 1 aromatic heterocycles. The molecule has 0 aromatic carbocycles. The monoisotopic (exact) mass is 190 g/mol. The Balaban J connectivity index is 0.00000121. The molecule has 68 valence electrons. The minimum absolute atomic E-state index is 0. The van der Waals surface area contributed by atoms with Crippen molar-refractivity contribution < 1.29 is 9.21 Å². The lowest BCUT2D eigenvalue weighted by Crippen LogP contribution is -2.26. The molecule has 0 aliphatic rings. The summed E-state index contributed by atoms with van der Waals surface area (Å²) in [5, 5.41) is 0. The molecule has 0 radical (unpaired) electrons. The Bertz CT molecular complexity index is 236. The average molecular weight is 191 g/mol. The molecule has 0 fully saturated rings. The van der Waals surface area contributed by atoms with E-state index >= 15 is 0 Å². The maximum absolute atomic E-state index is 11.2. The van der Waals surface area contributed by atoms with Crippen molar-refractivity contribution in [3.05, 3.63) is 18.4 Å². The van der Waals surface area contributed by atoms with Crippen molar-refractivity contribution >= 4 is 18.3 Å². The van der Waals surface area contributed by atoms with Crippen LogP contribution >= 0.6 is 12.4 Å². The summed E-state index contributed by atoms with van der Waals surface area (Å²) < 4.78 is 4.67. The van der Waals surface area contributed by atoms with Crippen LogP contribution in [0.2, 0.25) is 0 Å². The average Bonchev–Trinajstić information content (AvgIpc) is 2.53. The van der Waals surface area contributed by atoms with E-state index in [0.717, 1.165) is 0 Å². The number of aromatic nitrogens is 1. The summed E-state index contributed by atoms with van der Waals surface area (Å²) in [4.78, 5) is 16.5. The van der Waals surface area contributed by atoms with E-state index in [4.69, 9.17) is 0 Å². The predicted molar refractivity (Wildman–Crippen MR) is 46.4 cm³/mol. The molecular formula is C7H11ClN2O2. The van der Waals surface area contributed by atoms with Crippen LogP contribution in [0.5, 0.6) is 0 Å². The smallest absolute Gasteiger partial charge is 0.275 e. The van der Waals surface area contributed by atoms with Gasteiger partial charge in [0.1, 0.15) is 6.26 Å². The van der Waals surface area contributed by atoms with Gasteiger partial charge in [-0.1, -0.05) is 0 Å². The van der Waals surface area contributed by atoms with Gasteiger partial charge in [0.25, 0.3) is 5.91 Å². The van der Waals surface area contributed by atoms with E-state index in [1.165, 1.54) is 12.7 Å². The fourth-order valence-corrected chi connectivity index (χ4v) is 0.657. The second-order valence-electron chi connectivity index (χ2n) is 2.19. The molecule has 1 amide bonds. The quantitative estimate of drug-likeness (QED) is 0.704. The third kappa shape index (κ3) is 2.23. The van der Waals surface area contributed by atoms with Gasteiger partial charge in [0.05, 0.1) is 0 Å². The van der Waals surface area contributed by atoms with Gasteiger partial charge in [-0.3, -0.25) is 4.79 Å². The van der Waals surface area contributed by atoms with Gasteiger partial charge >= 0.3 is 0 Å². The molecular weight excluding hydrogens is 180 g/mol. The van der Waals surface area contributed by atoms with Gasteiger partial charge in [-0.2, -0.15) is 0 Å². The van der Waals surface area contributed by atoms with Gasteiger partial charge in [0.2, 0.25) is 0 Å². The van der Waals surface area contributed by atoms with Gasteiger partial charge in [0.15, 0.2) is 12.1 Å². The van der Waals surface area contributed by atoms with Crippen molar-refractivity contribution in [3.63, 3.8) is 0 Å². The van der Waals surface area contributed by atoms with Gasteiger partial charge in [0, 0.05) is 13.6 Å². The fraction of sp³-hybridized carbons (Fsp3) is 0.429. The van der Waals surface area contributed by atoms with Crippen LogP contribution in [0, 0.1) is 0 Å². The number of oxazole rings is 1. The zero-order chi connectivity index (χ0) is 8.27. The zero-order valence-electron chi connectivity index (χ0n) is 6.98. The molecule has 1 rings (SSSR count).